The first-order valence-corrected chi connectivity index (χ1v) is 17.9. The second kappa shape index (κ2) is 17.1. The fourth-order valence-electron chi connectivity index (χ4n) is 5.22. The number of halogens is 4. The van der Waals surface area contributed by atoms with Crippen LogP contribution in [-0.2, 0) is 24.8 Å². The van der Waals surface area contributed by atoms with Crippen molar-refractivity contribution < 1.29 is 47.0 Å². The van der Waals surface area contributed by atoms with Crippen molar-refractivity contribution in [1.82, 2.24) is 30.5 Å². The summed E-state index contributed by atoms with van der Waals surface area (Å²) in [5, 5.41) is 25.1. The first-order valence-electron chi connectivity index (χ1n) is 16.6. The average Bonchev–Trinajstić information content (AvgIpc) is 3.72. The molecular formula is C35H31ClF3N9O7S. The van der Waals surface area contributed by atoms with Crippen molar-refractivity contribution in [2.75, 3.05) is 29.1 Å². The minimum Gasteiger partial charge on any atom is -0.480 e. The van der Waals surface area contributed by atoms with Gasteiger partial charge in [-0.05, 0) is 97.4 Å². The summed E-state index contributed by atoms with van der Waals surface area (Å²) in [5.74, 6) is -3.73. The lowest BCUT2D eigenvalue weighted by Crippen LogP contribution is -2.44. The van der Waals surface area contributed by atoms with Crippen LogP contribution < -0.4 is 36.2 Å². The van der Waals surface area contributed by atoms with E-state index in [1.54, 1.807) is 41.8 Å². The second-order valence-electron chi connectivity index (χ2n) is 12.3. The van der Waals surface area contributed by atoms with Gasteiger partial charge in [0.05, 0.1) is 5.54 Å². The van der Waals surface area contributed by atoms with Crippen molar-refractivity contribution in [3.8, 4) is 6.01 Å². The molecule has 1 saturated carbocycles. The molecule has 1 aromatic heterocycles. The van der Waals surface area contributed by atoms with Crippen molar-refractivity contribution in [2.24, 2.45) is 0 Å². The van der Waals surface area contributed by atoms with Crippen LogP contribution in [0.4, 0.5) is 36.4 Å². The Hall–Kier alpha value is -6.12. The largest absolute Gasteiger partial charge is 0.480 e. The van der Waals surface area contributed by atoms with Crippen molar-refractivity contribution in [2.45, 2.75) is 37.0 Å². The Bertz CT molecular complexity index is 2120. The molecule has 7 N–H and O–H groups in total. The lowest BCUT2D eigenvalue weighted by Gasteiger charge is -2.19. The number of nitrogens with zero attached hydrogens (tertiary/aromatic N) is 3. The zero-order valence-corrected chi connectivity index (χ0v) is 30.3. The van der Waals surface area contributed by atoms with Crippen molar-refractivity contribution in [3.63, 3.8) is 0 Å². The molecule has 3 aromatic carbocycles. The predicted molar refractivity (Wildman–Crippen MR) is 198 cm³/mol. The summed E-state index contributed by atoms with van der Waals surface area (Å²) < 4.78 is 43.6. The third kappa shape index (κ3) is 10.8. The van der Waals surface area contributed by atoms with Crippen LogP contribution in [0.2, 0.25) is 5.02 Å². The summed E-state index contributed by atoms with van der Waals surface area (Å²) in [7, 11) is 0. The van der Waals surface area contributed by atoms with Crippen LogP contribution in [0.1, 0.15) is 40.7 Å². The Kier molecular flexibility index (Phi) is 12.1. The third-order valence-corrected chi connectivity index (χ3v) is 8.97. The number of aromatic nitrogens is 3. The van der Waals surface area contributed by atoms with Gasteiger partial charge in [-0.25, -0.2) is 4.79 Å². The van der Waals surface area contributed by atoms with E-state index in [2.05, 4.69) is 46.4 Å². The number of amides is 3. The monoisotopic (exact) mass is 813 g/mol. The standard InChI is InChI=1S/C35H31ClF3N9O7S/c36-22-7-5-21(6-8-22)34(14-15-34)47-32-44-31(45-33(46-32)54-18-35(37,38)39)42-24-11-3-20(4-12-24)27(49)43-25(30(52)53)13-16-40-28(50)29(51)41-23-9-1-19(2-10-23)26-17-56-48-55-26/h1-12,17,25,48H,13-16,18H2,(H,40,50)(H,41,51)(H,43,49)(H,52,53)(H2,42,44,45,46,47). The van der Waals surface area contributed by atoms with Gasteiger partial charge in [0, 0.05) is 39.5 Å². The molecule has 16 nitrogen and oxygen atoms in total. The lowest BCUT2D eigenvalue weighted by atomic mass is 10.1. The lowest BCUT2D eigenvalue weighted by molar-refractivity contribution is -0.154. The van der Waals surface area contributed by atoms with Gasteiger partial charge < -0.3 is 41.3 Å². The van der Waals surface area contributed by atoms with E-state index >= 15 is 0 Å². The van der Waals surface area contributed by atoms with E-state index in [1.807, 2.05) is 12.1 Å². The molecular weight excluding hydrogens is 783 g/mol. The molecule has 0 spiro atoms. The number of aliphatic carboxylic acids is 1. The topological polar surface area (TPSA) is 218 Å². The number of carboxylic acids is 1. The summed E-state index contributed by atoms with van der Waals surface area (Å²) in [6, 6.07) is 17.2. The average molecular weight is 814 g/mol. The highest BCUT2D eigenvalue weighted by atomic mass is 35.5. The van der Waals surface area contributed by atoms with E-state index in [0.29, 0.717) is 35.0 Å². The van der Waals surface area contributed by atoms with E-state index in [4.69, 9.17) is 21.2 Å². The van der Waals surface area contributed by atoms with Crippen LogP contribution in [-0.4, -0.2) is 69.1 Å². The van der Waals surface area contributed by atoms with Gasteiger partial charge in [0.25, 0.3) is 5.91 Å². The molecule has 0 radical (unpaired) electrons. The molecule has 2 heterocycles. The zero-order chi connectivity index (χ0) is 39.9. The predicted octanol–water partition coefficient (Wildman–Crippen LogP) is 5.12. The van der Waals surface area contributed by atoms with Gasteiger partial charge in [-0.3, -0.25) is 14.4 Å². The molecule has 4 aromatic rings. The third-order valence-electron chi connectivity index (χ3n) is 8.20. The number of rotatable bonds is 15. The van der Waals surface area contributed by atoms with Crippen molar-refractivity contribution >= 4 is 76.3 Å². The van der Waals surface area contributed by atoms with E-state index in [0.717, 1.165) is 11.1 Å². The SMILES string of the molecule is O=C(NCCC(NC(=O)c1ccc(Nc2nc(NC3(c4ccc(Cl)cc4)CC3)nc(OCC(F)(F)F)n2)cc1)C(=O)O)C(=O)Nc1ccc(C2=CSNO2)cc1. The maximum atomic E-state index is 12.9. The zero-order valence-electron chi connectivity index (χ0n) is 28.8. The summed E-state index contributed by atoms with van der Waals surface area (Å²) in [6.45, 7) is -1.89. The summed E-state index contributed by atoms with van der Waals surface area (Å²) >= 11 is 7.28. The van der Waals surface area contributed by atoms with Crippen molar-refractivity contribution in [3.05, 3.63) is 99.9 Å². The number of nitrogens with one attached hydrogen (secondary N) is 6. The Morgan fingerprint density at radius 2 is 1.61 bits per heavy atom. The Labute approximate surface area is 325 Å². The Balaban J connectivity index is 1.03. The number of ether oxygens (including phenoxy) is 1. The summed E-state index contributed by atoms with van der Waals surface area (Å²) in [6.07, 6.45) is -3.50. The molecule has 1 aliphatic heterocycles. The molecule has 292 valence electrons. The van der Waals surface area contributed by atoms with Crippen LogP contribution in [0.3, 0.4) is 0 Å². The Morgan fingerprint density at radius 3 is 2.23 bits per heavy atom. The van der Waals surface area contributed by atoms with Crippen molar-refractivity contribution in [1.29, 1.82) is 0 Å². The van der Waals surface area contributed by atoms with Gasteiger partial charge in [0.15, 0.2) is 12.4 Å². The number of alkyl halides is 3. The van der Waals surface area contributed by atoms with E-state index in [-0.39, 0.29) is 30.4 Å². The van der Waals surface area contributed by atoms with Gasteiger partial charge in [0.2, 0.25) is 11.9 Å². The maximum absolute atomic E-state index is 12.9. The molecule has 1 aliphatic carbocycles. The molecule has 1 atom stereocenters. The molecule has 56 heavy (non-hydrogen) atoms. The smallest absolute Gasteiger partial charge is 0.422 e. The molecule has 3 amide bonds. The highest BCUT2D eigenvalue weighted by Crippen LogP contribution is 2.48. The first-order chi connectivity index (χ1) is 26.7. The molecule has 1 unspecified atom stereocenters. The van der Waals surface area contributed by atoms with Crippen LogP contribution in [0.5, 0.6) is 6.01 Å². The first kappa shape index (κ1) is 39.6. The minimum atomic E-state index is -4.65. The number of hydrogen-bond acceptors (Lipinski definition) is 13. The molecule has 21 heteroatoms. The molecule has 0 bridgehead atoms. The normalized spacial score (nSPS) is 14.7. The molecule has 0 saturated heterocycles. The molecule has 6 rings (SSSR count). The minimum absolute atomic E-state index is 0.0460. The van der Waals surface area contributed by atoms with Crippen LogP contribution >= 0.6 is 23.5 Å². The highest BCUT2D eigenvalue weighted by Gasteiger charge is 2.45. The maximum Gasteiger partial charge on any atom is 0.422 e. The number of anilines is 4. The Morgan fingerprint density at radius 1 is 0.929 bits per heavy atom. The quantitative estimate of drug-likeness (QED) is 0.0613. The number of benzene rings is 3. The van der Waals surface area contributed by atoms with E-state index in [9.17, 15) is 37.5 Å². The number of hydrogen-bond donors (Lipinski definition) is 7. The van der Waals surface area contributed by atoms with E-state index in [1.165, 1.54) is 36.2 Å². The van der Waals surface area contributed by atoms with Gasteiger partial charge in [-0.15, -0.1) is 0 Å². The number of carbonyl (C=O) groups is 4. The fourth-order valence-corrected chi connectivity index (χ4v) is 5.82. The highest BCUT2D eigenvalue weighted by molar-refractivity contribution is 8.00. The molecule has 1 fully saturated rings. The van der Waals surface area contributed by atoms with Crippen LogP contribution in [0, 0.1) is 0 Å². The van der Waals surface area contributed by atoms with Gasteiger partial charge in [0.1, 0.15) is 6.04 Å². The second-order valence-corrected chi connectivity index (χ2v) is 13.4. The van der Waals surface area contributed by atoms with E-state index < -0.39 is 54.1 Å². The number of carboxylic acid groups (broad SMARTS) is 1. The number of carbonyl (C=O) groups excluding carboxylic acids is 3. The molecule has 2 aliphatic rings. The summed E-state index contributed by atoms with van der Waals surface area (Å²) in [5.41, 5.74) is 1.79. The fraction of sp³-hybridized carbons (Fsp3) is 0.229. The van der Waals surface area contributed by atoms with Gasteiger partial charge >= 0.3 is 30.0 Å². The van der Waals surface area contributed by atoms with Gasteiger partial charge in [-0.2, -0.15) is 28.1 Å². The van der Waals surface area contributed by atoms with Gasteiger partial charge in [-0.1, -0.05) is 28.6 Å². The van der Waals surface area contributed by atoms with Crippen LogP contribution in [0.15, 0.2) is 78.2 Å². The van der Waals surface area contributed by atoms with Crippen LogP contribution in [0.25, 0.3) is 5.76 Å². The summed E-state index contributed by atoms with van der Waals surface area (Å²) in [4.78, 5) is 69.7.